The first-order valence-electron chi connectivity index (χ1n) is 8.67. The summed E-state index contributed by atoms with van der Waals surface area (Å²) in [6.07, 6.45) is 7.14. The van der Waals surface area contributed by atoms with Crippen molar-refractivity contribution in [1.29, 1.82) is 0 Å². The third-order valence-corrected chi connectivity index (χ3v) is 5.46. The number of halogens is 1. The molecule has 4 aromatic rings. The lowest BCUT2D eigenvalue weighted by Gasteiger charge is -2.06. The van der Waals surface area contributed by atoms with Gasteiger partial charge in [-0.25, -0.2) is 9.67 Å². The van der Waals surface area contributed by atoms with Crippen LogP contribution in [0.3, 0.4) is 0 Å². The Morgan fingerprint density at radius 2 is 2.25 bits per heavy atom. The number of tetrazole rings is 1. The van der Waals surface area contributed by atoms with E-state index >= 15 is 0 Å². The Morgan fingerprint density at radius 1 is 1.36 bits per heavy atom. The number of thiazole rings is 1. The van der Waals surface area contributed by atoms with Crippen molar-refractivity contribution < 1.29 is 4.79 Å². The van der Waals surface area contributed by atoms with Crippen LogP contribution in [0.5, 0.6) is 0 Å². The molecule has 28 heavy (non-hydrogen) atoms. The molecule has 10 heteroatoms. The number of rotatable bonds is 5. The molecule has 1 N–H and O–H groups in total. The molecule has 1 aliphatic rings. The van der Waals surface area contributed by atoms with E-state index in [0.717, 1.165) is 23.4 Å². The lowest BCUT2D eigenvalue weighted by atomic mass is 10.2. The van der Waals surface area contributed by atoms with Crippen LogP contribution < -0.4 is 5.32 Å². The number of hydrogen-bond donors (Lipinski definition) is 1. The minimum Gasteiger partial charge on any atom is -0.322 e. The highest BCUT2D eigenvalue weighted by atomic mass is 35.5. The van der Waals surface area contributed by atoms with Crippen LogP contribution in [0.25, 0.3) is 22.4 Å². The number of benzene rings is 1. The van der Waals surface area contributed by atoms with Gasteiger partial charge >= 0.3 is 0 Å². The fraction of sp³-hybridized carbons (Fsp3) is 0.167. The average Bonchev–Trinajstić information content (AvgIpc) is 3.10. The van der Waals surface area contributed by atoms with Crippen molar-refractivity contribution in [3.05, 3.63) is 52.8 Å². The highest BCUT2D eigenvalue weighted by molar-refractivity contribution is 7.15. The number of aromatic nitrogens is 6. The van der Waals surface area contributed by atoms with Crippen LogP contribution in [0.4, 0.5) is 5.69 Å². The summed E-state index contributed by atoms with van der Waals surface area (Å²) in [7, 11) is 0. The van der Waals surface area contributed by atoms with E-state index in [-0.39, 0.29) is 5.91 Å². The first-order valence-corrected chi connectivity index (χ1v) is 9.93. The summed E-state index contributed by atoms with van der Waals surface area (Å²) >= 11 is 7.63. The number of carbonyl (C=O) groups excluding carboxylic acids is 1. The van der Waals surface area contributed by atoms with Gasteiger partial charge in [0, 0.05) is 28.9 Å². The molecule has 8 nitrogen and oxygen atoms in total. The summed E-state index contributed by atoms with van der Waals surface area (Å²) in [6, 6.07) is 7.85. The van der Waals surface area contributed by atoms with Crippen LogP contribution in [-0.2, 0) is 4.79 Å². The second-order valence-electron chi connectivity index (χ2n) is 6.43. The first kappa shape index (κ1) is 17.1. The Kier molecular flexibility index (Phi) is 4.18. The normalized spacial score (nSPS) is 14.2. The number of nitrogens with one attached hydrogen (secondary N) is 1. The molecule has 140 valence electrons. The standard InChI is InChI=1S/C18H14ClN7OS/c19-16-14(25-8-9-28-18(25)21-16)6-7-15(27)20-12-3-1-2-11(10-12)17-22-23-24-26(17)13-4-5-13/h1-3,6-10,13H,4-5H2,(H,20,27)/b7-6+. The molecule has 0 bridgehead atoms. The Labute approximate surface area is 168 Å². The molecule has 1 saturated carbocycles. The van der Waals surface area contributed by atoms with Gasteiger partial charge in [0.1, 0.15) is 0 Å². The van der Waals surface area contributed by atoms with E-state index in [0.29, 0.717) is 28.4 Å². The number of fused-ring (bicyclic) bond motifs is 1. The van der Waals surface area contributed by atoms with Crippen molar-refractivity contribution in [2.75, 3.05) is 5.32 Å². The van der Waals surface area contributed by atoms with Gasteiger partial charge in [0.05, 0.1) is 11.7 Å². The molecule has 5 rings (SSSR count). The van der Waals surface area contributed by atoms with E-state index in [1.54, 1.807) is 6.08 Å². The maximum Gasteiger partial charge on any atom is 0.248 e. The Hall–Kier alpha value is -3.04. The van der Waals surface area contributed by atoms with E-state index < -0.39 is 0 Å². The molecule has 0 radical (unpaired) electrons. The number of imidazole rings is 1. The third-order valence-electron chi connectivity index (χ3n) is 4.42. The molecule has 0 unspecified atom stereocenters. The van der Waals surface area contributed by atoms with Crippen molar-refractivity contribution in [3.63, 3.8) is 0 Å². The van der Waals surface area contributed by atoms with E-state index in [2.05, 4.69) is 25.8 Å². The fourth-order valence-electron chi connectivity index (χ4n) is 2.95. The first-order chi connectivity index (χ1) is 13.7. The zero-order valence-corrected chi connectivity index (χ0v) is 16.1. The van der Waals surface area contributed by atoms with Gasteiger partial charge in [0.15, 0.2) is 15.9 Å². The number of nitrogens with zero attached hydrogens (tertiary/aromatic N) is 6. The molecule has 1 fully saturated rings. The molecule has 3 heterocycles. The highest BCUT2D eigenvalue weighted by Gasteiger charge is 2.28. The molecule has 1 aliphatic carbocycles. The average molecular weight is 412 g/mol. The van der Waals surface area contributed by atoms with E-state index in [9.17, 15) is 4.79 Å². The molecule has 0 aliphatic heterocycles. The molecule has 0 saturated heterocycles. The zero-order valence-electron chi connectivity index (χ0n) is 14.5. The quantitative estimate of drug-likeness (QED) is 0.506. The molecule has 0 atom stereocenters. The van der Waals surface area contributed by atoms with Crippen molar-refractivity contribution >= 4 is 45.6 Å². The second kappa shape index (κ2) is 6.84. The van der Waals surface area contributed by atoms with Crippen LogP contribution >= 0.6 is 22.9 Å². The van der Waals surface area contributed by atoms with Gasteiger partial charge in [0.25, 0.3) is 0 Å². The van der Waals surface area contributed by atoms with Gasteiger partial charge in [0.2, 0.25) is 5.91 Å². The largest absolute Gasteiger partial charge is 0.322 e. The van der Waals surface area contributed by atoms with Crippen molar-refractivity contribution in [2.24, 2.45) is 0 Å². The minimum atomic E-state index is -0.264. The summed E-state index contributed by atoms with van der Waals surface area (Å²) in [5.41, 5.74) is 2.19. The minimum absolute atomic E-state index is 0.264. The van der Waals surface area contributed by atoms with Crippen LogP contribution in [0.15, 0.2) is 41.9 Å². The lowest BCUT2D eigenvalue weighted by Crippen LogP contribution is -2.08. The van der Waals surface area contributed by atoms with Crippen LogP contribution in [-0.4, -0.2) is 35.5 Å². The van der Waals surface area contributed by atoms with Gasteiger partial charge in [-0.3, -0.25) is 9.20 Å². The maximum absolute atomic E-state index is 12.4. The molecular formula is C18H14ClN7OS. The second-order valence-corrected chi connectivity index (χ2v) is 7.66. The summed E-state index contributed by atoms with van der Waals surface area (Å²) in [5.74, 6) is 0.445. The fourth-order valence-corrected chi connectivity index (χ4v) is 3.95. The zero-order chi connectivity index (χ0) is 19.1. The molecule has 1 aromatic carbocycles. The van der Waals surface area contributed by atoms with Gasteiger partial charge in [-0.15, -0.1) is 16.4 Å². The monoisotopic (exact) mass is 411 g/mol. The lowest BCUT2D eigenvalue weighted by molar-refractivity contribution is -0.111. The van der Waals surface area contributed by atoms with Gasteiger partial charge in [-0.05, 0) is 41.5 Å². The Bertz CT molecular complexity index is 1200. The number of carbonyl (C=O) groups is 1. The maximum atomic E-state index is 12.4. The van der Waals surface area contributed by atoms with Crippen LogP contribution in [0.2, 0.25) is 5.15 Å². The van der Waals surface area contributed by atoms with Gasteiger partial charge in [-0.1, -0.05) is 23.7 Å². The van der Waals surface area contributed by atoms with Crippen molar-refractivity contribution in [3.8, 4) is 11.4 Å². The van der Waals surface area contributed by atoms with Crippen molar-refractivity contribution in [1.82, 2.24) is 29.6 Å². The number of anilines is 1. The predicted molar refractivity (Wildman–Crippen MR) is 107 cm³/mol. The molecule has 1 amide bonds. The Balaban J connectivity index is 1.34. The number of hydrogen-bond acceptors (Lipinski definition) is 6. The summed E-state index contributed by atoms with van der Waals surface area (Å²) in [6.45, 7) is 0. The smallest absolute Gasteiger partial charge is 0.248 e. The summed E-state index contributed by atoms with van der Waals surface area (Å²) < 4.78 is 3.68. The Morgan fingerprint density at radius 3 is 3.11 bits per heavy atom. The third kappa shape index (κ3) is 3.19. The van der Waals surface area contributed by atoms with Gasteiger partial charge < -0.3 is 5.32 Å². The summed E-state index contributed by atoms with van der Waals surface area (Å²) in [5, 5.41) is 17.1. The molecule has 3 aromatic heterocycles. The van der Waals surface area contributed by atoms with Crippen LogP contribution in [0, 0.1) is 0 Å². The SMILES string of the molecule is O=C(/C=C/c1c(Cl)nc2sccn12)Nc1cccc(-c2nnnn2C2CC2)c1. The topological polar surface area (TPSA) is 90.0 Å². The predicted octanol–water partition coefficient (Wildman–Crippen LogP) is 3.69. The number of amides is 1. The highest BCUT2D eigenvalue weighted by Crippen LogP contribution is 2.36. The van der Waals surface area contributed by atoms with E-state index in [1.165, 1.54) is 17.4 Å². The van der Waals surface area contributed by atoms with E-state index in [1.807, 2.05) is 44.9 Å². The van der Waals surface area contributed by atoms with Gasteiger partial charge in [-0.2, -0.15) is 0 Å². The van der Waals surface area contributed by atoms with E-state index in [4.69, 9.17) is 11.6 Å². The summed E-state index contributed by atoms with van der Waals surface area (Å²) in [4.78, 5) is 17.4. The molecular weight excluding hydrogens is 398 g/mol. The van der Waals surface area contributed by atoms with Crippen LogP contribution in [0.1, 0.15) is 24.6 Å². The van der Waals surface area contributed by atoms with Crippen molar-refractivity contribution in [2.45, 2.75) is 18.9 Å². The molecule has 0 spiro atoms.